The average Bonchev–Trinajstić information content (AvgIpc) is 3.09. The van der Waals surface area contributed by atoms with Gasteiger partial charge in [-0.3, -0.25) is 0 Å². The quantitative estimate of drug-likeness (QED) is 0.730. The lowest BCUT2D eigenvalue weighted by Gasteiger charge is -2.23. The fourth-order valence-electron chi connectivity index (χ4n) is 1.76. The van der Waals surface area contributed by atoms with Crippen molar-refractivity contribution in [3.05, 3.63) is 30.3 Å². The van der Waals surface area contributed by atoms with E-state index >= 15 is 0 Å². The minimum absolute atomic E-state index is 0.613. The summed E-state index contributed by atoms with van der Waals surface area (Å²) in [6, 6.07) is 12.6. The van der Waals surface area contributed by atoms with E-state index in [0.717, 1.165) is 19.0 Å². The molecule has 0 spiro atoms. The molecule has 0 atom stereocenters. The van der Waals surface area contributed by atoms with Crippen LogP contribution in [0.25, 0.3) is 0 Å². The Kier molecular flexibility index (Phi) is 3.24. The highest BCUT2D eigenvalue weighted by molar-refractivity contribution is 5.46. The Morgan fingerprint density at radius 2 is 2.00 bits per heavy atom. The molecular weight excluding hydrogens is 184 g/mol. The van der Waals surface area contributed by atoms with E-state index in [1.165, 1.54) is 18.5 Å². The van der Waals surface area contributed by atoms with Crippen molar-refractivity contribution >= 4 is 5.69 Å². The van der Waals surface area contributed by atoms with Gasteiger partial charge in [-0.2, -0.15) is 5.26 Å². The van der Waals surface area contributed by atoms with Crippen molar-refractivity contribution in [3.8, 4) is 6.07 Å². The van der Waals surface area contributed by atoms with Crippen LogP contribution in [0.15, 0.2) is 30.3 Å². The van der Waals surface area contributed by atoms with Gasteiger partial charge in [-0.15, -0.1) is 0 Å². The Hall–Kier alpha value is -1.49. The summed E-state index contributed by atoms with van der Waals surface area (Å²) in [5, 5.41) is 8.64. The van der Waals surface area contributed by atoms with Crippen molar-refractivity contribution < 1.29 is 0 Å². The van der Waals surface area contributed by atoms with Crippen molar-refractivity contribution in [1.29, 1.82) is 5.26 Å². The first-order chi connectivity index (χ1) is 7.40. The van der Waals surface area contributed by atoms with E-state index in [9.17, 15) is 0 Å². The molecule has 15 heavy (non-hydrogen) atoms. The van der Waals surface area contributed by atoms with Gasteiger partial charge < -0.3 is 4.90 Å². The molecule has 0 aliphatic heterocycles. The molecule has 1 fully saturated rings. The zero-order chi connectivity index (χ0) is 10.5. The molecule has 2 rings (SSSR count). The van der Waals surface area contributed by atoms with E-state index in [1.807, 2.05) is 6.07 Å². The number of nitrogens with zero attached hydrogens (tertiary/aromatic N) is 2. The summed E-state index contributed by atoms with van der Waals surface area (Å²) in [6.07, 6.45) is 3.33. The van der Waals surface area contributed by atoms with Crippen molar-refractivity contribution in [1.82, 2.24) is 0 Å². The number of nitriles is 1. The van der Waals surface area contributed by atoms with Gasteiger partial charge in [0.05, 0.1) is 12.5 Å². The maximum atomic E-state index is 8.64. The third-order valence-corrected chi connectivity index (χ3v) is 2.79. The van der Waals surface area contributed by atoms with Gasteiger partial charge >= 0.3 is 0 Å². The van der Waals surface area contributed by atoms with Crippen LogP contribution < -0.4 is 4.90 Å². The minimum Gasteiger partial charge on any atom is -0.370 e. The van der Waals surface area contributed by atoms with Gasteiger partial charge in [0.1, 0.15) is 0 Å². The molecule has 2 heteroatoms. The van der Waals surface area contributed by atoms with Crippen LogP contribution in [-0.4, -0.2) is 13.1 Å². The van der Waals surface area contributed by atoms with Gasteiger partial charge in [0.2, 0.25) is 0 Å². The fourth-order valence-corrected chi connectivity index (χ4v) is 1.76. The molecule has 0 saturated heterocycles. The second-order valence-corrected chi connectivity index (χ2v) is 4.13. The lowest BCUT2D eigenvalue weighted by Crippen LogP contribution is -2.26. The van der Waals surface area contributed by atoms with E-state index in [1.54, 1.807) is 0 Å². The number of anilines is 1. The zero-order valence-corrected chi connectivity index (χ0v) is 8.89. The monoisotopic (exact) mass is 200 g/mol. The molecule has 0 unspecified atom stereocenters. The summed E-state index contributed by atoms with van der Waals surface area (Å²) >= 11 is 0. The largest absolute Gasteiger partial charge is 0.370 e. The van der Waals surface area contributed by atoms with Crippen LogP contribution >= 0.6 is 0 Å². The van der Waals surface area contributed by atoms with Crippen LogP contribution in [0, 0.1) is 17.2 Å². The Morgan fingerprint density at radius 1 is 1.27 bits per heavy atom. The van der Waals surface area contributed by atoms with E-state index in [-0.39, 0.29) is 0 Å². The molecule has 0 N–H and O–H groups in total. The second kappa shape index (κ2) is 4.84. The standard InChI is InChI=1S/C13H16N2/c14-9-4-10-15(11-12-7-8-12)13-5-2-1-3-6-13/h1-3,5-6,12H,4,7-8,10-11H2. The van der Waals surface area contributed by atoms with Crippen LogP contribution in [0.1, 0.15) is 19.3 Å². The zero-order valence-electron chi connectivity index (χ0n) is 8.89. The molecule has 0 heterocycles. The summed E-state index contributed by atoms with van der Waals surface area (Å²) < 4.78 is 0. The van der Waals surface area contributed by atoms with Gasteiger partial charge in [0.15, 0.2) is 0 Å². The van der Waals surface area contributed by atoms with Gasteiger partial charge in [0.25, 0.3) is 0 Å². The summed E-state index contributed by atoms with van der Waals surface area (Å²) in [7, 11) is 0. The molecule has 0 amide bonds. The number of para-hydroxylation sites is 1. The molecule has 1 aromatic carbocycles. The average molecular weight is 200 g/mol. The summed E-state index contributed by atoms with van der Waals surface area (Å²) in [5.41, 5.74) is 1.25. The lowest BCUT2D eigenvalue weighted by atomic mass is 10.2. The van der Waals surface area contributed by atoms with Crippen molar-refractivity contribution in [2.45, 2.75) is 19.3 Å². The summed E-state index contributed by atoms with van der Waals surface area (Å²) in [5.74, 6) is 0.865. The maximum Gasteiger partial charge on any atom is 0.0640 e. The third-order valence-electron chi connectivity index (χ3n) is 2.79. The molecule has 1 aliphatic rings. The highest BCUT2D eigenvalue weighted by Crippen LogP contribution is 2.31. The molecule has 1 saturated carbocycles. The predicted octanol–water partition coefficient (Wildman–Crippen LogP) is 2.82. The van der Waals surface area contributed by atoms with Crippen molar-refractivity contribution in [3.63, 3.8) is 0 Å². The lowest BCUT2D eigenvalue weighted by molar-refractivity contribution is 0.725. The third kappa shape index (κ3) is 2.99. The van der Waals surface area contributed by atoms with Gasteiger partial charge in [-0.25, -0.2) is 0 Å². The SMILES string of the molecule is N#CCCN(CC1CC1)c1ccccc1. The van der Waals surface area contributed by atoms with E-state index in [0.29, 0.717) is 6.42 Å². The Labute approximate surface area is 91.1 Å². The number of rotatable bonds is 5. The normalized spacial score (nSPS) is 14.6. The number of hydrogen-bond donors (Lipinski definition) is 0. The molecule has 0 radical (unpaired) electrons. The van der Waals surface area contributed by atoms with E-state index in [4.69, 9.17) is 5.26 Å². The molecule has 78 valence electrons. The van der Waals surface area contributed by atoms with E-state index in [2.05, 4.69) is 35.2 Å². The Balaban J connectivity index is 2.00. The fraction of sp³-hybridized carbons (Fsp3) is 0.462. The van der Waals surface area contributed by atoms with Crippen LogP contribution in [0.4, 0.5) is 5.69 Å². The molecule has 0 bridgehead atoms. The van der Waals surface area contributed by atoms with Gasteiger partial charge in [-0.1, -0.05) is 18.2 Å². The number of hydrogen-bond acceptors (Lipinski definition) is 2. The van der Waals surface area contributed by atoms with Gasteiger partial charge in [-0.05, 0) is 30.9 Å². The Bertz CT molecular complexity index is 335. The second-order valence-electron chi connectivity index (χ2n) is 4.13. The topological polar surface area (TPSA) is 27.0 Å². The van der Waals surface area contributed by atoms with Crippen molar-refractivity contribution in [2.75, 3.05) is 18.0 Å². The minimum atomic E-state index is 0.613. The highest BCUT2D eigenvalue weighted by Gasteiger charge is 2.24. The van der Waals surface area contributed by atoms with Gasteiger partial charge in [0, 0.05) is 18.8 Å². The first-order valence-electron chi connectivity index (χ1n) is 5.57. The van der Waals surface area contributed by atoms with Crippen molar-refractivity contribution in [2.24, 2.45) is 5.92 Å². The van der Waals surface area contributed by atoms with Crippen LogP contribution in [-0.2, 0) is 0 Å². The molecule has 1 aromatic rings. The van der Waals surface area contributed by atoms with Crippen LogP contribution in [0.5, 0.6) is 0 Å². The summed E-state index contributed by atoms with van der Waals surface area (Å²) in [6.45, 7) is 1.97. The van der Waals surface area contributed by atoms with Crippen LogP contribution in [0.3, 0.4) is 0 Å². The molecule has 1 aliphatic carbocycles. The molecule has 0 aromatic heterocycles. The molecular formula is C13H16N2. The number of benzene rings is 1. The maximum absolute atomic E-state index is 8.64. The first-order valence-corrected chi connectivity index (χ1v) is 5.57. The predicted molar refractivity (Wildman–Crippen MR) is 61.6 cm³/mol. The summed E-state index contributed by atoms with van der Waals surface area (Å²) in [4.78, 5) is 2.33. The first kappa shape index (κ1) is 10.0. The van der Waals surface area contributed by atoms with E-state index < -0.39 is 0 Å². The van der Waals surface area contributed by atoms with Crippen LogP contribution in [0.2, 0.25) is 0 Å². The highest BCUT2D eigenvalue weighted by atomic mass is 15.1. The smallest absolute Gasteiger partial charge is 0.0640 e. The Morgan fingerprint density at radius 3 is 2.60 bits per heavy atom. The molecule has 2 nitrogen and oxygen atoms in total.